The molecule has 4 aromatic carbocycles. The van der Waals surface area contributed by atoms with Crippen molar-refractivity contribution >= 4 is 45.9 Å². The summed E-state index contributed by atoms with van der Waals surface area (Å²) in [4.78, 5) is 46.2. The molecule has 7 heteroatoms. The van der Waals surface area contributed by atoms with Gasteiger partial charge < -0.3 is 4.90 Å². The standard InChI is InChI=1S/C34H31N3O3S/c1-41-19-18-27-29-30(32(39)37(31(29)38)20-22-10-3-2-4-11-22)34(35-27)26-16-7-8-17-28(26)36(33(34)40)21-24-14-9-13-23-12-5-6-15-25(23)24/h2-17,27,29-30,35H,18-21H2,1H3/t27-,29+,30+,34+/m1/s1. The minimum absolute atomic E-state index is 0.156. The van der Waals surface area contributed by atoms with Crippen LogP contribution in [-0.4, -0.2) is 40.7 Å². The lowest BCUT2D eigenvalue weighted by molar-refractivity contribution is -0.143. The van der Waals surface area contributed by atoms with Crippen molar-refractivity contribution in [2.24, 2.45) is 11.8 Å². The number of carbonyl (C=O) groups is 3. The minimum Gasteiger partial charge on any atom is -0.306 e. The van der Waals surface area contributed by atoms with E-state index < -0.39 is 17.4 Å². The fourth-order valence-electron chi connectivity index (χ4n) is 7.18. The van der Waals surface area contributed by atoms with Gasteiger partial charge >= 0.3 is 0 Å². The predicted octanol–water partition coefficient (Wildman–Crippen LogP) is 5.11. The second-order valence-corrected chi connectivity index (χ2v) is 12.1. The Morgan fingerprint density at radius 2 is 1.51 bits per heavy atom. The number of benzene rings is 4. The van der Waals surface area contributed by atoms with Crippen LogP contribution in [0.1, 0.15) is 23.1 Å². The van der Waals surface area contributed by atoms with Crippen molar-refractivity contribution < 1.29 is 14.4 Å². The molecule has 4 atom stereocenters. The fraction of sp³-hybridized carbons (Fsp3) is 0.265. The molecule has 0 aromatic heterocycles. The molecule has 2 fully saturated rings. The highest BCUT2D eigenvalue weighted by atomic mass is 32.2. The summed E-state index contributed by atoms with van der Waals surface area (Å²) in [6.45, 7) is 0.593. The van der Waals surface area contributed by atoms with Gasteiger partial charge in [0.1, 0.15) is 5.54 Å². The maximum atomic E-state index is 14.8. The van der Waals surface area contributed by atoms with Crippen molar-refractivity contribution in [1.82, 2.24) is 10.2 Å². The lowest BCUT2D eigenvalue weighted by Crippen LogP contribution is -2.55. The molecule has 0 unspecified atom stereocenters. The number of imide groups is 1. The van der Waals surface area contributed by atoms with E-state index in [1.54, 1.807) is 11.8 Å². The van der Waals surface area contributed by atoms with E-state index in [-0.39, 0.29) is 30.3 Å². The van der Waals surface area contributed by atoms with E-state index in [1.165, 1.54) is 4.90 Å². The third-order valence-electron chi connectivity index (χ3n) is 8.98. The summed E-state index contributed by atoms with van der Waals surface area (Å²) in [5.41, 5.74) is 2.23. The fourth-order valence-corrected chi connectivity index (χ4v) is 7.67. The van der Waals surface area contributed by atoms with E-state index >= 15 is 0 Å². The van der Waals surface area contributed by atoms with E-state index in [0.29, 0.717) is 13.0 Å². The van der Waals surface area contributed by atoms with Crippen molar-refractivity contribution in [2.75, 3.05) is 16.9 Å². The summed E-state index contributed by atoms with van der Waals surface area (Å²) < 4.78 is 0. The summed E-state index contributed by atoms with van der Waals surface area (Å²) in [5.74, 6) is -1.16. The van der Waals surface area contributed by atoms with Crippen LogP contribution >= 0.6 is 11.8 Å². The van der Waals surface area contributed by atoms with Gasteiger partial charge in [-0.25, -0.2) is 0 Å². The number of anilines is 1. The third-order valence-corrected chi connectivity index (χ3v) is 9.63. The number of thioether (sulfide) groups is 1. The average molecular weight is 562 g/mol. The second-order valence-electron chi connectivity index (χ2n) is 11.1. The molecular formula is C34H31N3O3S. The summed E-state index contributed by atoms with van der Waals surface area (Å²) in [6, 6.07) is 31.4. The van der Waals surface area contributed by atoms with Crippen LogP contribution in [0.2, 0.25) is 0 Å². The van der Waals surface area contributed by atoms with Crippen LogP contribution in [0.15, 0.2) is 97.1 Å². The van der Waals surface area contributed by atoms with E-state index in [0.717, 1.165) is 38.9 Å². The molecule has 6 nitrogen and oxygen atoms in total. The smallest absolute Gasteiger partial charge is 0.253 e. The number of rotatable bonds is 7. The van der Waals surface area contributed by atoms with Gasteiger partial charge in [-0.3, -0.25) is 24.6 Å². The molecule has 1 N–H and O–H groups in total. The summed E-state index contributed by atoms with van der Waals surface area (Å²) in [6.07, 6.45) is 2.73. The molecule has 4 aromatic rings. The number of amides is 3. The zero-order valence-corrected chi connectivity index (χ0v) is 23.6. The van der Waals surface area contributed by atoms with E-state index in [9.17, 15) is 14.4 Å². The van der Waals surface area contributed by atoms with Crippen LogP contribution in [-0.2, 0) is 33.0 Å². The van der Waals surface area contributed by atoms with Gasteiger partial charge in [0.15, 0.2) is 0 Å². The lowest BCUT2D eigenvalue weighted by atomic mass is 9.76. The third kappa shape index (κ3) is 3.94. The first kappa shape index (κ1) is 26.0. The average Bonchev–Trinajstić information content (AvgIpc) is 3.56. The normalized spacial score (nSPS) is 25.0. The van der Waals surface area contributed by atoms with Gasteiger partial charge in [-0.2, -0.15) is 11.8 Å². The number of carbonyl (C=O) groups excluding carboxylic acids is 3. The van der Waals surface area contributed by atoms with Gasteiger partial charge in [0.25, 0.3) is 5.91 Å². The zero-order valence-electron chi connectivity index (χ0n) is 22.8. The molecular weight excluding hydrogens is 530 g/mol. The Morgan fingerprint density at radius 1 is 0.780 bits per heavy atom. The maximum absolute atomic E-state index is 14.8. The Balaban J connectivity index is 1.32. The van der Waals surface area contributed by atoms with Crippen LogP contribution < -0.4 is 10.2 Å². The predicted molar refractivity (Wildman–Crippen MR) is 162 cm³/mol. The van der Waals surface area contributed by atoms with Crippen molar-refractivity contribution in [3.05, 3.63) is 114 Å². The quantitative estimate of drug-likeness (QED) is 0.318. The Morgan fingerprint density at radius 3 is 2.34 bits per heavy atom. The highest BCUT2D eigenvalue weighted by Crippen LogP contribution is 2.55. The molecule has 0 radical (unpaired) electrons. The van der Waals surface area contributed by atoms with Crippen molar-refractivity contribution in [1.29, 1.82) is 0 Å². The minimum atomic E-state index is -1.28. The van der Waals surface area contributed by atoms with Gasteiger partial charge in [0, 0.05) is 17.3 Å². The summed E-state index contributed by atoms with van der Waals surface area (Å²) in [7, 11) is 0. The van der Waals surface area contributed by atoms with Gasteiger partial charge in [-0.1, -0.05) is 91.0 Å². The Kier molecular flexibility index (Phi) is 6.44. The topological polar surface area (TPSA) is 69.7 Å². The second kappa shape index (κ2) is 10.2. The Hall–Kier alpha value is -3.94. The molecule has 41 heavy (non-hydrogen) atoms. The first-order chi connectivity index (χ1) is 20.0. The molecule has 206 valence electrons. The molecule has 2 saturated heterocycles. The largest absolute Gasteiger partial charge is 0.306 e. The molecule has 3 heterocycles. The zero-order chi connectivity index (χ0) is 28.1. The first-order valence-electron chi connectivity index (χ1n) is 14.1. The van der Waals surface area contributed by atoms with Crippen LogP contribution in [0, 0.1) is 11.8 Å². The highest BCUT2D eigenvalue weighted by molar-refractivity contribution is 7.98. The number of para-hydroxylation sites is 1. The van der Waals surface area contributed by atoms with Gasteiger partial charge in [0.05, 0.1) is 24.9 Å². The van der Waals surface area contributed by atoms with Gasteiger partial charge in [-0.05, 0) is 46.4 Å². The van der Waals surface area contributed by atoms with Crippen molar-refractivity contribution in [3.63, 3.8) is 0 Å². The van der Waals surface area contributed by atoms with Gasteiger partial charge in [0.2, 0.25) is 11.8 Å². The molecule has 0 saturated carbocycles. The maximum Gasteiger partial charge on any atom is 0.253 e. The van der Waals surface area contributed by atoms with E-state index in [1.807, 2.05) is 84.0 Å². The SMILES string of the molecule is CSCC[C@H]1N[C@]2(C(=O)N(Cc3cccc4ccccc34)c3ccccc32)[C@@H]2C(=O)N(Cc3ccccc3)C(=O)[C@H]21. The molecule has 3 aliphatic rings. The molecule has 0 bridgehead atoms. The molecule has 1 spiro atoms. The van der Waals surface area contributed by atoms with Crippen LogP contribution in [0.25, 0.3) is 10.8 Å². The van der Waals surface area contributed by atoms with E-state index in [2.05, 4.69) is 29.6 Å². The number of hydrogen-bond donors (Lipinski definition) is 1. The van der Waals surface area contributed by atoms with E-state index in [4.69, 9.17) is 0 Å². The summed E-state index contributed by atoms with van der Waals surface area (Å²) in [5, 5.41) is 5.84. The highest BCUT2D eigenvalue weighted by Gasteiger charge is 2.71. The molecule has 0 aliphatic carbocycles. The molecule has 3 amide bonds. The Labute approximate surface area is 243 Å². The van der Waals surface area contributed by atoms with Crippen LogP contribution in [0.4, 0.5) is 5.69 Å². The van der Waals surface area contributed by atoms with Crippen LogP contribution in [0.3, 0.4) is 0 Å². The van der Waals surface area contributed by atoms with Crippen molar-refractivity contribution in [2.45, 2.75) is 31.1 Å². The molecule has 7 rings (SSSR count). The van der Waals surface area contributed by atoms with Crippen molar-refractivity contribution in [3.8, 4) is 0 Å². The number of likely N-dealkylation sites (tertiary alicyclic amines) is 1. The number of nitrogens with one attached hydrogen (secondary N) is 1. The monoisotopic (exact) mass is 561 g/mol. The number of fused-ring (bicyclic) bond motifs is 5. The van der Waals surface area contributed by atoms with Crippen LogP contribution in [0.5, 0.6) is 0 Å². The van der Waals surface area contributed by atoms with Gasteiger partial charge in [-0.15, -0.1) is 0 Å². The summed E-state index contributed by atoms with van der Waals surface area (Å²) >= 11 is 1.70. The first-order valence-corrected chi connectivity index (χ1v) is 15.5. The Bertz CT molecular complexity index is 1670. The number of nitrogens with zero attached hydrogens (tertiary/aromatic N) is 2. The molecule has 3 aliphatic heterocycles. The lowest BCUT2D eigenvalue weighted by Gasteiger charge is -2.31. The number of hydrogen-bond acceptors (Lipinski definition) is 5.